The zero-order chi connectivity index (χ0) is 28.2. The van der Waals surface area contributed by atoms with Crippen LogP contribution in [0.3, 0.4) is 0 Å². The van der Waals surface area contributed by atoms with Crippen molar-refractivity contribution < 1.29 is 23.1 Å². The molecule has 5 aromatic rings. The highest BCUT2D eigenvalue weighted by Gasteiger charge is 2.23. The van der Waals surface area contributed by atoms with Crippen LogP contribution in [0.15, 0.2) is 108 Å². The van der Waals surface area contributed by atoms with Gasteiger partial charge in [0.25, 0.3) is 11.8 Å². The first-order chi connectivity index (χ1) is 20.0. The molecule has 0 saturated carbocycles. The minimum atomic E-state index is -0.386. The highest BCUT2D eigenvalue weighted by Crippen LogP contribution is 2.25. The zero-order valence-corrected chi connectivity index (χ0v) is 22.3. The highest BCUT2D eigenvalue weighted by atomic mass is 19.1. The summed E-state index contributed by atoms with van der Waals surface area (Å²) in [5, 5.41) is 3.52. The maximum atomic E-state index is 13.2. The van der Waals surface area contributed by atoms with E-state index in [0.29, 0.717) is 41.1 Å². The average Bonchev–Trinajstić information content (AvgIpc) is 3.44. The number of piperazine rings is 1. The molecule has 206 valence electrons. The number of nitrogens with zero attached hydrogens (tertiary/aromatic N) is 2. The molecule has 0 aliphatic carbocycles. The topological polar surface area (TPSA) is 75.0 Å². The van der Waals surface area contributed by atoms with E-state index in [1.54, 1.807) is 60.7 Å². The fraction of sp³-hybridized carbons (Fsp3) is 0.152. The number of para-hydroxylation sites is 1. The van der Waals surface area contributed by atoms with Gasteiger partial charge in [0.15, 0.2) is 5.76 Å². The number of benzene rings is 4. The van der Waals surface area contributed by atoms with Crippen molar-refractivity contribution in [1.29, 1.82) is 0 Å². The second-order valence-corrected chi connectivity index (χ2v) is 9.95. The molecule has 0 spiro atoms. The molecule has 1 aromatic heterocycles. The first-order valence-corrected chi connectivity index (χ1v) is 13.4. The number of carbonyl (C=O) groups excluding carboxylic acids is 2. The predicted octanol–water partition coefficient (Wildman–Crippen LogP) is 6.57. The number of ether oxygens (including phenoxy) is 1. The van der Waals surface area contributed by atoms with Crippen LogP contribution in [0.25, 0.3) is 11.0 Å². The van der Waals surface area contributed by atoms with Crippen LogP contribution < -0.4 is 10.1 Å². The number of nitrogens with one attached hydrogen (secondary N) is 1. The Hall–Kier alpha value is -4.95. The minimum Gasteiger partial charge on any atom is -0.457 e. The molecule has 0 unspecified atom stereocenters. The average molecular weight is 550 g/mol. The van der Waals surface area contributed by atoms with Gasteiger partial charge in [-0.3, -0.25) is 14.5 Å². The number of furan rings is 1. The summed E-state index contributed by atoms with van der Waals surface area (Å²) >= 11 is 0. The summed E-state index contributed by atoms with van der Waals surface area (Å²) in [7, 11) is 0. The lowest BCUT2D eigenvalue weighted by Crippen LogP contribution is -2.48. The molecule has 41 heavy (non-hydrogen) atoms. The Kier molecular flexibility index (Phi) is 7.47. The molecule has 2 heterocycles. The van der Waals surface area contributed by atoms with Gasteiger partial charge in [0, 0.05) is 49.4 Å². The third-order valence-corrected chi connectivity index (χ3v) is 7.06. The van der Waals surface area contributed by atoms with Crippen LogP contribution in [-0.4, -0.2) is 47.8 Å². The van der Waals surface area contributed by atoms with Crippen LogP contribution >= 0.6 is 0 Å². The number of rotatable bonds is 7. The van der Waals surface area contributed by atoms with Crippen molar-refractivity contribution in [3.05, 3.63) is 126 Å². The summed E-state index contributed by atoms with van der Waals surface area (Å²) in [5.74, 6) is 0.856. The molecule has 0 radical (unpaired) electrons. The van der Waals surface area contributed by atoms with Gasteiger partial charge in [-0.15, -0.1) is 0 Å². The Morgan fingerprint density at radius 3 is 2.24 bits per heavy atom. The number of halogens is 1. The number of carbonyl (C=O) groups is 2. The van der Waals surface area contributed by atoms with Gasteiger partial charge in [0.05, 0.1) is 0 Å². The summed E-state index contributed by atoms with van der Waals surface area (Å²) in [4.78, 5) is 30.2. The summed E-state index contributed by atoms with van der Waals surface area (Å²) in [6, 6.07) is 29.9. The van der Waals surface area contributed by atoms with E-state index in [0.717, 1.165) is 30.9 Å². The fourth-order valence-electron chi connectivity index (χ4n) is 4.85. The van der Waals surface area contributed by atoms with Crippen LogP contribution in [0.2, 0.25) is 0 Å². The van der Waals surface area contributed by atoms with Gasteiger partial charge in [-0.2, -0.15) is 0 Å². The molecule has 7 nitrogen and oxygen atoms in total. The van der Waals surface area contributed by atoms with E-state index in [4.69, 9.17) is 9.15 Å². The molecular weight excluding hydrogens is 521 g/mol. The molecule has 6 rings (SSSR count). The van der Waals surface area contributed by atoms with E-state index >= 15 is 0 Å². The normalized spacial score (nSPS) is 13.7. The quantitative estimate of drug-likeness (QED) is 0.248. The van der Waals surface area contributed by atoms with Gasteiger partial charge >= 0.3 is 0 Å². The summed E-state index contributed by atoms with van der Waals surface area (Å²) in [6.45, 7) is 3.40. The third-order valence-electron chi connectivity index (χ3n) is 7.06. The molecule has 0 bridgehead atoms. The molecule has 1 N–H and O–H groups in total. The predicted molar refractivity (Wildman–Crippen MR) is 155 cm³/mol. The van der Waals surface area contributed by atoms with Crippen molar-refractivity contribution in [1.82, 2.24) is 9.80 Å². The van der Waals surface area contributed by atoms with Crippen LogP contribution in [0.1, 0.15) is 26.5 Å². The van der Waals surface area contributed by atoms with Gasteiger partial charge < -0.3 is 19.4 Å². The van der Waals surface area contributed by atoms with Gasteiger partial charge in [-0.25, -0.2) is 4.39 Å². The number of anilines is 1. The number of fused-ring (bicyclic) bond motifs is 1. The second-order valence-electron chi connectivity index (χ2n) is 9.95. The van der Waals surface area contributed by atoms with Crippen molar-refractivity contribution in [2.45, 2.75) is 6.54 Å². The van der Waals surface area contributed by atoms with Gasteiger partial charge in [-0.05, 0) is 78.4 Å². The van der Waals surface area contributed by atoms with Crippen molar-refractivity contribution >= 4 is 28.5 Å². The van der Waals surface area contributed by atoms with Crippen LogP contribution in [-0.2, 0) is 6.54 Å². The van der Waals surface area contributed by atoms with Gasteiger partial charge in [-0.1, -0.05) is 30.3 Å². The summed E-state index contributed by atoms with van der Waals surface area (Å²) in [5.41, 5.74) is 2.73. The molecule has 4 aromatic carbocycles. The maximum absolute atomic E-state index is 13.2. The molecular formula is C33H28FN3O4. The SMILES string of the molecule is O=C(Nc1ccc(Oc2ccccc2)cc1)c1cc2cc(C(=O)N3CCN(Cc4ccc(F)cc4)CC3)ccc2o1. The minimum absolute atomic E-state index is 0.0571. The van der Waals surface area contributed by atoms with E-state index in [-0.39, 0.29) is 23.4 Å². The molecule has 8 heteroatoms. The van der Waals surface area contributed by atoms with Crippen molar-refractivity contribution in [3.63, 3.8) is 0 Å². The largest absolute Gasteiger partial charge is 0.457 e. The number of hydrogen-bond donors (Lipinski definition) is 1. The smallest absolute Gasteiger partial charge is 0.291 e. The standard InChI is InChI=1S/C33H28FN3O4/c34-26-9-6-23(7-10-26)22-36-16-18-37(19-17-36)33(39)24-8-15-30-25(20-24)21-31(41-30)32(38)35-27-11-13-29(14-12-27)40-28-4-2-1-3-5-28/h1-15,20-21H,16-19,22H2,(H,35,38). The Labute approximate surface area is 236 Å². The lowest BCUT2D eigenvalue weighted by molar-refractivity contribution is 0.0628. The van der Waals surface area contributed by atoms with Crippen molar-refractivity contribution in [3.8, 4) is 11.5 Å². The van der Waals surface area contributed by atoms with E-state index in [1.165, 1.54) is 12.1 Å². The first kappa shape index (κ1) is 26.3. The van der Waals surface area contributed by atoms with Gasteiger partial charge in [0.1, 0.15) is 22.9 Å². The monoisotopic (exact) mass is 549 g/mol. The van der Waals surface area contributed by atoms with E-state index in [9.17, 15) is 14.0 Å². The zero-order valence-electron chi connectivity index (χ0n) is 22.3. The van der Waals surface area contributed by atoms with Crippen molar-refractivity contribution in [2.24, 2.45) is 0 Å². The molecule has 2 amide bonds. The molecule has 1 aliphatic rings. The van der Waals surface area contributed by atoms with E-state index in [2.05, 4.69) is 10.2 Å². The van der Waals surface area contributed by atoms with Crippen LogP contribution in [0.4, 0.5) is 10.1 Å². The first-order valence-electron chi connectivity index (χ1n) is 13.4. The molecule has 1 aliphatic heterocycles. The summed E-state index contributed by atoms with van der Waals surface area (Å²) < 4.78 is 24.7. The third kappa shape index (κ3) is 6.28. The fourth-order valence-corrected chi connectivity index (χ4v) is 4.85. The Bertz CT molecular complexity index is 1660. The van der Waals surface area contributed by atoms with Crippen LogP contribution in [0, 0.1) is 5.82 Å². The maximum Gasteiger partial charge on any atom is 0.291 e. The number of hydrogen-bond acceptors (Lipinski definition) is 5. The molecule has 1 saturated heterocycles. The Morgan fingerprint density at radius 2 is 1.51 bits per heavy atom. The van der Waals surface area contributed by atoms with E-state index in [1.807, 2.05) is 35.2 Å². The molecule has 0 atom stereocenters. The second kappa shape index (κ2) is 11.7. The summed E-state index contributed by atoms with van der Waals surface area (Å²) in [6.07, 6.45) is 0. The molecule has 1 fully saturated rings. The van der Waals surface area contributed by atoms with Gasteiger partial charge in [0.2, 0.25) is 0 Å². The Morgan fingerprint density at radius 1 is 0.805 bits per heavy atom. The Balaban J connectivity index is 1.06. The van der Waals surface area contributed by atoms with E-state index < -0.39 is 0 Å². The lowest BCUT2D eigenvalue weighted by Gasteiger charge is -2.34. The number of amides is 2. The lowest BCUT2D eigenvalue weighted by atomic mass is 10.1. The van der Waals surface area contributed by atoms with Crippen LogP contribution in [0.5, 0.6) is 11.5 Å². The highest BCUT2D eigenvalue weighted by molar-refractivity contribution is 6.05. The van der Waals surface area contributed by atoms with Crippen molar-refractivity contribution in [2.75, 3.05) is 31.5 Å².